The molecule has 3 nitrogen and oxygen atoms in total. The molecule has 2 aliphatic carbocycles. The molecule has 0 atom stereocenters. The zero-order chi connectivity index (χ0) is 31.1. The summed E-state index contributed by atoms with van der Waals surface area (Å²) >= 11 is 0. The van der Waals surface area contributed by atoms with Gasteiger partial charge in [0.05, 0.1) is 16.4 Å². The maximum absolute atomic E-state index is 6.25. The lowest BCUT2D eigenvalue weighted by Crippen LogP contribution is -2.16. The van der Waals surface area contributed by atoms with Crippen molar-refractivity contribution in [2.75, 3.05) is 7.05 Å². The van der Waals surface area contributed by atoms with Crippen molar-refractivity contribution in [3.05, 3.63) is 149 Å². The molecule has 1 heterocycles. The zero-order valence-corrected chi connectivity index (χ0v) is 26.4. The molecule has 0 bridgehead atoms. The van der Waals surface area contributed by atoms with E-state index in [1.54, 1.807) is 0 Å². The van der Waals surface area contributed by atoms with E-state index in [2.05, 4.69) is 100 Å². The molecule has 0 spiro atoms. The van der Waals surface area contributed by atoms with Crippen molar-refractivity contribution in [3.63, 3.8) is 0 Å². The molecular formula is C41H40N2O. The molecule has 0 aliphatic heterocycles. The van der Waals surface area contributed by atoms with Crippen molar-refractivity contribution in [2.45, 2.75) is 46.0 Å². The summed E-state index contributed by atoms with van der Waals surface area (Å²) in [6, 6.07) is 22.8. The molecule has 6 rings (SSSR count). The lowest BCUT2D eigenvalue weighted by molar-refractivity contribution is 0.570. The molecule has 3 aromatic carbocycles. The lowest BCUT2D eigenvalue weighted by Gasteiger charge is -2.28. The Morgan fingerprint density at radius 2 is 1.50 bits per heavy atom. The van der Waals surface area contributed by atoms with E-state index in [1.807, 2.05) is 55.7 Å². The SMILES string of the molecule is C=C1/C=C\C(C=Nc2cccc3oc4ccccc4c(=NC)c23)=C/CCC=C2/C(=C\C(=C)C1(C)C)c1ccccc1C2(C)C. The Morgan fingerprint density at radius 1 is 0.773 bits per heavy atom. The number of benzene rings is 3. The van der Waals surface area contributed by atoms with Crippen LogP contribution >= 0.6 is 0 Å². The van der Waals surface area contributed by atoms with E-state index in [1.165, 1.54) is 22.3 Å². The van der Waals surface area contributed by atoms with Crippen LogP contribution in [0.2, 0.25) is 0 Å². The Balaban J connectivity index is 1.42. The van der Waals surface area contributed by atoms with Crippen LogP contribution in [-0.4, -0.2) is 13.3 Å². The summed E-state index contributed by atoms with van der Waals surface area (Å²) in [6.45, 7) is 18.1. The Hall–Kier alpha value is -4.76. The summed E-state index contributed by atoms with van der Waals surface area (Å²) < 4.78 is 6.25. The van der Waals surface area contributed by atoms with Gasteiger partial charge in [-0.1, -0.05) is 114 Å². The fourth-order valence-corrected chi connectivity index (χ4v) is 6.35. The van der Waals surface area contributed by atoms with Gasteiger partial charge in [-0.3, -0.25) is 9.98 Å². The van der Waals surface area contributed by atoms with Gasteiger partial charge in [0.1, 0.15) is 11.2 Å². The van der Waals surface area contributed by atoms with Gasteiger partial charge in [0.2, 0.25) is 0 Å². The monoisotopic (exact) mass is 576 g/mol. The van der Waals surface area contributed by atoms with E-state index < -0.39 is 0 Å². The molecule has 3 heteroatoms. The normalized spacial score (nSPS) is 21.8. The van der Waals surface area contributed by atoms with Gasteiger partial charge in [0, 0.05) is 29.5 Å². The molecule has 4 aromatic rings. The minimum absolute atomic E-state index is 0.0814. The van der Waals surface area contributed by atoms with Crippen LogP contribution in [0.5, 0.6) is 0 Å². The largest absolute Gasteiger partial charge is 0.456 e. The zero-order valence-electron chi connectivity index (χ0n) is 26.4. The van der Waals surface area contributed by atoms with Crippen LogP contribution in [0.4, 0.5) is 5.69 Å². The molecule has 0 N–H and O–H groups in total. The number of nitrogens with zero attached hydrogens (tertiary/aromatic N) is 2. The van der Waals surface area contributed by atoms with E-state index >= 15 is 0 Å². The van der Waals surface area contributed by atoms with Gasteiger partial charge >= 0.3 is 0 Å². The lowest BCUT2D eigenvalue weighted by atomic mass is 9.76. The Bertz CT molecular complexity index is 2050. The van der Waals surface area contributed by atoms with E-state index in [4.69, 9.17) is 9.41 Å². The highest BCUT2D eigenvalue weighted by atomic mass is 16.3. The third-order valence-corrected chi connectivity index (χ3v) is 9.33. The van der Waals surface area contributed by atoms with Crippen LogP contribution in [-0.2, 0) is 5.41 Å². The number of para-hydroxylation sites is 1. The van der Waals surface area contributed by atoms with Crippen molar-refractivity contribution in [1.82, 2.24) is 0 Å². The van der Waals surface area contributed by atoms with Crippen LogP contribution < -0.4 is 5.36 Å². The van der Waals surface area contributed by atoms with Gasteiger partial charge in [-0.15, -0.1) is 0 Å². The van der Waals surface area contributed by atoms with Gasteiger partial charge in [0.15, 0.2) is 0 Å². The molecule has 220 valence electrons. The van der Waals surface area contributed by atoms with Crippen molar-refractivity contribution >= 4 is 39.4 Å². The van der Waals surface area contributed by atoms with Gasteiger partial charge in [0.25, 0.3) is 0 Å². The fraction of sp³-hybridized carbons (Fsp3) is 0.220. The standard InChI is InChI=1S/C41H40N2O/c1-27-23-24-29(26-43-35-20-14-22-37-38(35)39(42-7)31-17-10-13-21-36(31)44-37)15-8-11-19-34-32(25-28(2)40(27,3)4)30-16-9-12-18-33(30)41(34,5)6/h9-10,12-26H,1-2,8,11H2,3-7H3/b24-23-,29-15+,32-25-,34-19?,42-39?,43-26?. The first-order chi connectivity index (χ1) is 21.1. The second-order valence-electron chi connectivity index (χ2n) is 12.7. The molecule has 0 fully saturated rings. The minimum Gasteiger partial charge on any atom is -0.456 e. The first-order valence-corrected chi connectivity index (χ1v) is 15.3. The summed E-state index contributed by atoms with van der Waals surface area (Å²) in [4.78, 5) is 9.66. The van der Waals surface area contributed by atoms with E-state index in [0.717, 1.165) is 62.5 Å². The molecule has 44 heavy (non-hydrogen) atoms. The van der Waals surface area contributed by atoms with Gasteiger partial charge in [-0.2, -0.15) is 0 Å². The third kappa shape index (κ3) is 5.07. The highest BCUT2D eigenvalue weighted by Crippen LogP contribution is 2.51. The average molecular weight is 577 g/mol. The molecule has 2 aliphatic rings. The third-order valence-electron chi connectivity index (χ3n) is 9.33. The van der Waals surface area contributed by atoms with E-state index in [-0.39, 0.29) is 10.8 Å². The topological polar surface area (TPSA) is 37.9 Å². The Kier molecular flexibility index (Phi) is 7.59. The summed E-state index contributed by atoms with van der Waals surface area (Å²) in [5, 5.41) is 2.77. The number of fused-ring (bicyclic) bond motifs is 5. The van der Waals surface area contributed by atoms with Gasteiger partial charge < -0.3 is 4.42 Å². The maximum Gasteiger partial charge on any atom is 0.139 e. The molecule has 0 radical (unpaired) electrons. The number of allylic oxidation sites excluding steroid dienone is 10. The molecule has 1 aromatic heterocycles. The number of rotatable bonds is 2. The molecule has 0 saturated heterocycles. The number of aliphatic imine (C=N–C) groups is 1. The van der Waals surface area contributed by atoms with Crippen LogP contribution in [0.25, 0.3) is 27.5 Å². The van der Waals surface area contributed by atoms with E-state index in [0.29, 0.717) is 0 Å². The van der Waals surface area contributed by atoms with E-state index in [9.17, 15) is 0 Å². The quantitative estimate of drug-likeness (QED) is 0.173. The van der Waals surface area contributed by atoms with Crippen LogP contribution in [0.3, 0.4) is 0 Å². The highest BCUT2D eigenvalue weighted by molar-refractivity contribution is 5.98. The highest BCUT2D eigenvalue weighted by Gasteiger charge is 2.38. The smallest absolute Gasteiger partial charge is 0.139 e. The average Bonchev–Trinajstić information content (AvgIpc) is 3.23. The predicted octanol–water partition coefficient (Wildman–Crippen LogP) is 10.5. The van der Waals surface area contributed by atoms with Crippen LogP contribution in [0.15, 0.2) is 147 Å². The minimum atomic E-state index is -0.331. The summed E-state index contributed by atoms with van der Waals surface area (Å²) in [5.74, 6) is 0. The number of hydrogen-bond donors (Lipinski definition) is 0. The van der Waals surface area contributed by atoms with Crippen molar-refractivity contribution in [1.29, 1.82) is 0 Å². The van der Waals surface area contributed by atoms with Gasteiger partial charge in [-0.05, 0) is 76.1 Å². The summed E-state index contributed by atoms with van der Waals surface area (Å²) in [5.41, 5.74) is 10.4. The fourth-order valence-electron chi connectivity index (χ4n) is 6.35. The predicted molar refractivity (Wildman–Crippen MR) is 187 cm³/mol. The summed E-state index contributed by atoms with van der Waals surface area (Å²) in [6.07, 6.45) is 15.0. The van der Waals surface area contributed by atoms with Crippen molar-refractivity contribution < 1.29 is 4.42 Å². The van der Waals surface area contributed by atoms with Crippen LogP contribution in [0.1, 0.15) is 51.7 Å². The van der Waals surface area contributed by atoms with Gasteiger partial charge in [-0.25, -0.2) is 0 Å². The molecule has 0 amide bonds. The Morgan fingerprint density at radius 3 is 2.32 bits per heavy atom. The summed E-state index contributed by atoms with van der Waals surface area (Å²) in [7, 11) is 1.82. The molecule has 0 unspecified atom stereocenters. The van der Waals surface area contributed by atoms with Crippen molar-refractivity contribution in [2.24, 2.45) is 15.4 Å². The maximum atomic E-state index is 6.25. The molecular weight excluding hydrogens is 536 g/mol. The first-order valence-electron chi connectivity index (χ1n) is 15.3. The number of hydrogen-bond acceptors (Lipinski definition) is 3. The van der Waals surface area contributed by atoms with Crippen LogP contribution in [0, 0.1) is 5.41 Å². The van der Waals surface area contributed by atoms with Crippen molar-refractivity contribution in [3.8, 4) is 0 Å². The first kappa shape index (κ1) is 29.3. The second-order valence-corrected chi connectivity index (χ2v) is 12.7. The molecule has 0 saturated carbocycles. The second kappa shape index (κ2) is 11.4. The Labute approximate surface area is 260 Å².